The number of nitrogens with one attached hydrogen (secondary N) is 2. The van der Waals surface area contributed by atoms with E-state index < -0.39 is 24.2 Å². The highest BCUT2D eigenvalue weighted by Crippen LogP contribution is 2.38. The average Bonchev–Trinajstić information content (AvgIpc) is 3.57. The molecule has 2 aliphatic rings. The number of aliphatic hydroxyl groups is 3. The molecule has 4 atom stereocenters. The first-order chi connectivity index (χ1) is 18.3. The van der Waals surface area contributed by atoms with Crippen molar-refractivity contribution in [3.05, 3.63) is 23.5 Å². The summed E-state index contributed by atoms with van der Waals surface area (Å²) in [5, 5.41) is 38.2. The number of pyridine rings is 1. The predicted molar refractivity (Wildman–Crippen MR) is 145 cm³/mol. The summed E-state index contributed by atoms with van der Waals surface area (Å²) >= 11 is 0. The lowest BCUT2D eigenvalue weighted by Crippen LogP contribution is -2.35. The number of rotatable bonds is 11. The number of hydrogen-bond acceptors (Lipinski definition) is 10. The van der Waals surface area contributed by atoms with Gasteiger partial charge in [-0.1, -0.05) is 13.8 Å². The van der Waals surface area contributed by atoms with Crippen molar-refractivity contribution >= 4 is 22.7 Å². The van der Waals surface area contributed by atoms with Crippen molar-refractivity contribution in [1.82, 2.24) is 15.0 Å². The van der Waals surface area contributed by atoms with Crippen LogP contribution in [0.4, 0.5) is 11.8 Å². The zero-order chi connectivity index (χ0) is 27.0. The Labute approximate surface area is 222 Å². The lowest BCUT2D eigenvalue weighted by atomic mass is 10.1. The third kappa shape index (κ3) is 5.43. The van der Waals surface area contributed by atoms with Crippen LogP contribution in [-0.4, -0.2) is 67.8 Å². The summed E-state index contributed by atoms with van der Waals surface area (Å²) in [6, 6.07) is 3.35. The quantitative estimate of drug-likeness (QED) is 0.250. The van der Waals surface area contributed by atoms with Gasteiger partial charge in [-0.05, 0) is 57.9 Å². The van der Waals surface area contributed by atoms with Crippen LogP contribution in [0.1, 0.15) is 57.3 Å². The molecule has 0 saturated heterocycles. The maximum Gasteiger partial charge on any atom is 0.224 e. The maximum absolute atomic E-state index is 10.7. The zero-order valence-electron chi connectivity index (χ0n) is 22.6. The molecular formula is C28H39N5O5. The second kappa shape index (κ2) is 11.0. The summed E-state index contributed by atoms with van der Waals surface area (Å²) in [4.78, 5) is 14.1. The normalized spacial score (nSPS) is 23.4. The third-order valence-corrected chi connectivity index (χ3v) is 7.78. The van der Waals surface area contributed by atoms with E-state index in [0.717, 1.165) is 30.5 Å². The SMILES string of the molecule is CCC(CC)Oc1cc2cc(-c3c(C)nc(NCC4CC4)nc3N[C@@H]3C[C@H](CO)[C@@H](O)[C@H]3O)oc2c(C)n1. The Morgan fingerprint density at radius 2 is 1.82 bits per heavy atom. The van der Waals surface area contributed by atoms with E-state index in [9.17, 15) is 15.3 Å². The molecule has 0 radical (unpaired) electrons. The van der Waals surface area contributed by atoms with Crippen molar-refractivity contribution in [2.75, 3.05) is 23.8 Å². The van der Waals surface area contributed by atoms with Crippen molar-refractivity contribution < 1.29 is 24.5 Å². The van der Waals surface area contributed by atoms with Gasteiger partial charge in [-0.2, -0.15) is 4.98 Å². The Bertz CT molecular complexity index is 1270. The summed E-state index contributed by atoms with van der Waals surface area (Å²) in [5.41, 5.74) is 2.78. The van der Waals surface area contributed by atoms with Crippen LogP contribution in [0, 0.1) is 25.7 Å². The van der Waals surface area contributed by atoms with Gasteiger partial charge in [0.25, 0.3) is 0 Å². The van der Waals surface area contributed by atoms with E-state index in [0.29, 0.717) is 52.6 Å². The topological polar surface area (TPSA) is 146 Å². The van der Waals surface area contributed by atoms with Crippen LogP contribution in [0.25, 0.3) is 22.3 Å². The van der Waals surface area contributed by atoms with Gasteiger partial charge < -0.3 is 35.1 Å². The number of aliphatic hydroxyl groups excluding tert-OH is 3. The number of ether oxygens (including phenoxy) is 1. The molecule has 10 nitrogen and oxygen atoms in total. The van der Waals surface area contributed by atoms with E-state index in [2.05, 4.69) is 29.5 Å². The molecule has 2 saturated carbocycles. The Morgan fingerprint density at radius 3 is 2.47 bits per heavy atom. The lowest BCUT2D eigenvalue weighted by molar-refractivity contribution is 0.00446. The fourth-order valence-corrected chi connectivity index (χ4v) is 5.22. The highest BCUT2D eigenvalue weighted by atomic mass is 16.5. The minimum atomic E-state index is -1.04. The van der Waals surface area contributed by atoms with Crippen LogP contribution in [0.3, 0.4) is 0 Å². The van der Waals surface area contributed by atoms with Gasteiger partial charge >= 0.3 is 0 Å². The molecule has 10 heteroatoms. The van der Waals surface area contributed by atoms with Gasteiger partial charge in [-0.25, -0.2) is 9.97 Å². The standard InChI is InChI=1S/C28H39N5O5/c1-5-19(6-2)37-22-11-17-10-21(38-26(17)15(4)30-22)23-14(3)31-28(29-12-16-7-8-16)33-27(23)32-20-9-18(13-34)24(35)25(20)36/h10-11,16,18-20,24-25,34-36H,5-9,12-13H2,1-4H3,(H2,29,31,32,33)/t18-,20-,24-,25+/m1/s1. The molecule has 0 amide bonds. The molecule has 38 heavy (non-hydrogen) atoms. The molecule has 0 aromatic carbocycles. The lowest BCUT2D eigenvalue weighted by Gasteiger charge is -2.21. The second-order valence-corrected chi connectivity index (χ2v) is 10.7. The zero-order valence-corrected chi connectivity index (χ0v) is 22.6. The van der Waals surface area contributed by atoms with Gasteiger partial charge in [0.15, 0.2) is 5.58 Å². The first-order valence-electron chi connectivity index (χ1n) is 13.7. The summed E-state index contributed by atoms with van der Waals surface area (Å²) < 4.78 is 12.4. The number of aryl methyl sites for hydroxylation is 2. The van der Waals surface area contributed by atoms with Gasteiger partial charge in [-0.15, -0.1) is 0 Å². The molecule has 0 bridgehead atoms. The van der Waals surface area contributed by atoms with Crippen LogP contribution >= 0.6 is 0 Å². The Morgan fingerprint density at radius 1 is 1.05 bits per heavy atom. The minimum absolute atomic E-state index is 0.101. The summed E-state index contributed by atoms with van der Waals surface area (Å²) in [6.45, 7) is 8.61. The highest BCUT2D eigenvalue weighted by Gasteiger charge is 2.41. The third-order valence-electron chi connectivity index (χ3n) is 7.78. The summed E-state index contributed by atoms with van der Waals surface area (Å²) in [5.74, 6) is 2.39. The van der Waals surface area contributed by atoms with Crippen LogP contribution < -0.4 is 15.4 Å². The molecule has 2 fully saturated rings. The molecular weight excluding hydrogens is 486 g/mol. The molecule has 3 heterocycles. The van der Waals surface area contributed by atoms with E-state index in [1.165, 1.54) is 12.8 Å². The highest BCUT2D eigenvalue weighted by molar-refractivity contribution is 5.88. The van der Waals surface area contributed by atoms with Crippen LogP contribution in [-0.2, 0) is 0 Å². The van der Waals surface area contributed by atoms with Gasteiger partial charge in [0.1, 0.15) is 17.7 Å². The van der Waals surface area contributed by atoms with E-state index in [1.807, 2.05) is 26.0 Å². The van der Waals surface area contributed by atoms with Crippen molar-refractivity contribution in [3.63, 3.8) is 0 Å². The number of hydrogen-bond donors (Lipinski definition) is 5. The van der Waals surface area contributed by atoms with E-state index >= 15 is 0 Å². The van der Waals surface area contributed by atoms with Crippen LogP contribution in [0.2, 0.25) is 0 Å². The molecule has 206 valence electrons. The van der Waals surface area contributed by atoms with E-state index in [4.69, 9.17) is 19.1 Å². The Kier molecular flexibility index (Phi) is 7.74. The first-order valence-corrected chi connectivity index (χ1v) is 13.7. The number of anilines is 2. The van der Waals surface area contributed by atoms with Crippen LogP contribution in [0.5, 0.6) is 5.88 Å². The van der Waals surface area contributed by atoms with Crippen molar-refractivity contribution in [2.45, 2.75) is 84.2 Å². The average molecular weight is 526 g/mol. The molecule has 3 aromatic heterocycles. The molecule has 0 aliphatic heterocycles. The maximum atomic E-state index is 10.7. The fraction of sp³-hybridized carbons (Fsp3) is 0.607. The smallest absolute Gasteiger partial charge is 0.224 e. The second-order valence-electron chi connectivity index (χ2n) is 10.7. The molecule has 5 N–H and O–H groups in total. The monoisotopic (exact) mass is 525 g/mol. The van der Waals surface area contributed by atoms with Gasteiger partial charge in [-0.3, -0.25) is 0 Å². The molecule has 0 spiro atoms. The van der Waals surface area contributed by atoms with Gasteiger partial charge in [0, 0.05) is 30.5 Å². The van der Waals surface area contributed by atoms with Crippen molar-refractivity contribution in [1.29, 1.82) is 0 Å². The van der Waals surface area contributed by atoms with E-state index in [1.54, 1.807) is 0 Å². The van der Waals surface area contributed by atoms with Gasteiger partial charge in [0.2, 0.25) is 11.8 Å². The number of fused-ring (bicyclic) bond motifs is 1. The van der Waals surface area contributed by atoms with Gasteiger partial charge in [0.05, 0.1) is 35.2 Å². The number of aromatic nitrogens is 3. The predicted octanol–water partition coefficient (Wildman–Crippen LogP) is 3.81. The largest absolute Gasteiger partial charge is 0.474 e. The fourth-order valence-electron chi connectivity index (χ4n) is 5.22. The summed E-state index contributed by atoms with van der Waals surface area (Å²) in [7, 11) is 0. The number of nitrogens with zero attached hydrogens (tertiary/aromatic N) is 3. The van der Waals surface area contributed by atoms with E-state index in [-0.39, 0.29) is 12.7 Å². The molecule has 3 aromatic rings. The Hall–Kier alpha value is -2.95. The number of furan rings is 1. The van der Waals surface area contributed by atoms with Crippen molar-refractivity contribution in [2.24, 2.45) is 11.8 Å². The van der Waals surface area contributed by atoms with Crippen molar-refractivity contribution in [3.8, 4) is 17.2 Å². The summed E-state index contributed by atoms with van der Waals surface area (Å²) in [6.07, 6.45) is 2.68. The molecule has 2 aliphatic carbocycles. The minimum Gasteiger partial charge on any atom is -0.474 e. The first kappa shape index (κ1) is 26.6. The molecule has 0 unspecified atom stereocenters. The Balaban J connectivity index is 1.52. The molecule has 5 rings (SSSR count). The van der Waals surface area contributed by atoms with Crippen LogP contribution in [0.15, 0.2) is 16.5 Å².